The highest BCUT2D eigenvalue weighted by Crippen LogP contribution is 2.32. The standard InChI is InChI=1S/C14H21F3N4O3S/c1-13(7-18)3-4-21(9-13)25(23,24)10-5-11(20(2)6-10)12(22)19-8-14(15,16)17/h5-6H,3-4,7-9,18H2,1-2H3,(H,19,22). The van der Waals surface area contributed by atoms with Crippen LogP contribution in [0.2, 0.25) is 0 Å². The van der Waals surface area contributed by atoms with Gasteiger partial charge >= 0.3 is 6.18 Å². The van der Waals surface area contributed by atoms with Crippen LogP contribution in [0.4, 0.5) is 13.2 Å². The SMILES string of the molecule is Cn1cc(S(=O)(=O)N2CCC(C)(CN)C2)cc1C(=O)NCC(F)(F)F. The summed E-state index contributed by atoms with van der Waals surface area (Å²) in [5.74, 6) is -0.991. The van der Waals surface area contributed by atoms with Gasteiger partial charge in [-0.05, 0) is 24.4 Å². The quantitative estimate of drug-likeness (QED) is 0.782. The number of hydrogen-bond acceptors (Lipinski definition) is 4. The molecule has 1 aliphatic heterocycles. The van der Waals surface area contributed by atoms with Crippen LogP contribution in [0.5, 0.6) is 0 Å². The summed E-state index contributed by atoms with van der Waals surface area (Å²) in [4.78, 5) is 11.7. The van der Waals surface area contributed by atoms with Crippen LogP contribution in [0.15, 0.2) is 17.2 Å². The van der Waals surface area contributed by atoms with E-state index in [-0.39, 0.29) is 22.5 Å². The minimum Gasteiger partial charge on any atom is -0.345 e. The van der Waals surface area contributed by atoms with Crippen LogP contribution >= 0.6 is 0 Å². The molecule has 0 aliphatic carbocycles. The molecule has 1 atom stereocenters. The molecule has 0 radical (unpaired) electrons. The summed E-state index contributed by atoms with van der Waals surface area (Å²) in [6.45, 7) is 1.32. The first-order valence-electron chi connectivity index (χ1n) is 7.59. The smallest absolute Gasteiger partial charge is 0.345 e. The molecule has 1 aliphatic rings. The van der Waals surface area contributed by atoms with Crippen LogP contribution in [-0.4, -0.2) is 55.6 Å². The molecule has 1 unspecified atom stereocenters. The zero-order valence-electron chi connectivity index (χ0n) is 13.9. The van der Waals surface area contributed by atoms with Gasteiger partial charge in [0.1, 0.15) is 17.1 Å². The fraction of sp³-hybridized carbons (Fsp3) is 0.643. The van der Waals surface area contributed by atoms with E-state index in [2.05, 4.69) is 0 Å². The lowest BCUT2D eigenvalue weighted by Crippen LogP contribution is -2.34. The molecule has 1 aromatic rings. The molecule has 25 heavy (non-hydrogen) atoms. The van der Waals surface area contributed by atoms with Crippen molar-refractivity contribution in [2.45, 2.75) is 24.4 Å². The van der Waals surface area contributed by atoms with Crippen LogP contribution < -0.4 is 11.1 Å². The Kier molecular flexibility index (Phi) is 5.22. The Balaban J connectivity index is 2.20. The zero-order valence-corrected chi connectivity index (χ0v) is 14.7. The Morgan fingerprint density at radius 3 is 2.60 bits per heavy atom. The number of sulfonamides is 1. The molecule has 7 nitrogen and oxygen atoms in total. The summed E-state index contributed by atoms with van der Waals surface area (Å²) >= 11 is 0. The Bertz CT molecular complexity index is 760. The van der Waals surface area contributed by atoms with Crippen molar-refractivity contribution in [1.29, 1.82) is 0 Å². The Hall–Kier alpha value is -1.59. The molecule has 1 amide bonds. The van der Waals surface area contributed by atoms with E-state index in [4.69, 9.17) is 5.73 Å². The van der Waals surface area contributed by atoms with Crippen LogP contribution in [0.25, 0.3) is 0 Å². The Morgan fingerprint density at radius 1 is 1.44 bits per heavy atom. The number of carbonyl (C=O) groups excluding carboxylic acids is 1. The van der Waals surface area contributed by atoms with Gasteiger partial charge in [0.2, 0.25) is 10.0 Å². The maximum atomic E-state index is 12.7. The first-order valence-corrected chi connectivity index (χ1v) is 9.03. The summed E-state index contributed by atoms with van der Waals surface area (Å²) in [7, 11) is -2.45. The van der Waals surface area contributed by atoms with Gasteiger partial charge in [0, 0.05) is 26.3 Å². The average Bonchev–Trinajstić information content (AvgIpc) is 3.09. The Labute approximate surface area is 144 Å². The number of aryl methyl sites for hydroxylation is 1. The number of alkyl halides is 3. The summed E-state index contributed by atoms with van der Waals surface area (Å²) in [5.41, 5.74) is 5.20. The van der Waals surface area contributed by atoms with Crippen LogP contribution in [-0.2, 0) is 17.1 Å². The van der Waals surface area contributed by atoms with Crippen LogP contribution in [0.3, 0.4) is 0 Å². The summed E-state index contributed by atoms with van der Waals surface area (Å²) in [6.07, 6.45) is -2.71. The number of rotatable bonds is 5. The molecule has 1 fully saturated rings. The van der Waals surface area contributed by atoms with Crippen molar-refractivity contribution in [3.05, 3.63) is 18.0 Å². The molecule has 1 aromatic heterocycles. The average molecular weight is 382 g/mol. The van der Waals surface area contributed by atoms with Gasteiger partial charge in [0.15, 0.2) is 0 Å². The number of amides is 1. The lowest BCUT2D eigenvalue weighted by atomic mass is 9.90. The van der Waals surface area contributed by atoms with Gasteiger partial charge in [-0.15, -0.1) is 0 Å². The molecular formula is C14H21F3N4O3S. The minimum atomic E-state index is -4.54. The van der Waals surface area contributed by atoms with E-state index in [9.17, 15) is 26.4 Å². The van der Waals surface area contributed by atoms with E-state index in [0.717, 1.165) is 6.07 Å². The lowest BCUT2D eigenvalue weighted by molar-refractivity contribution is -0.123. The van der Waals surface area contributed by atoms with Crippen molar-refractivity contribution in [3.63, 3.8) is 0 Å². The predicted molar refractivity (Wildman–Crippen MR) is 84.3 cm³/mol. The van der Waals surface area contributed by atoms with E-state index in [0.29, 0.717) is 19.5 Å². The van der Waals surface area contributed by atoms with E-state index < -0.39 is 28.7 Å². The van der Waals surface area contributed by atoms with Gasteiger partial charge in [-0.2, -0.15) is 17.5 Å². The molecule has 142 valence electrons. The van der Waals surface area contributed by atoms with Crippen molar-refractivity contribution in [1.82, 2.24) is 14.2 Å². The number of hydrogen-bond donors (Lipinski definition) is 2. The second-order valence-corrected chi connectivity index (χ2v) is 8.51. The minimum absolute atomic E-state index is 0.131. The number of carbonyl (C=O) groups is 1. The maximum absolute atomic E-state index is 12.7. The molecule has 0 bridgehead atoms. The largest absolute Gasteiger partial charge is 0.405 e. The van der Waals surface area contributed by atoms with Gasteiger partial charge in [0.25, 0.3) is 5.91 Å². The Morgan fingerprint density at radius 2 is 2.08 bits per heavy atom. The molecule has 0 aromatic carbocycles. The molecule has 0 spiro atoms. The van der Waals surface area contributed by atoms with E-state index in [1.165, 1.54) is 22.1 Å². The highest BCUT2D eigenvalue weighted by atomic mass is 32.2. The van der Waals surface area contributed by atoms with Crippen molar-refractivity contribution < 1.29 is 26.4 Å². The predicted octanol–water partition coefficient (Wildman–Crippen LogP) is 0.677. The molecule has 0 saturated carbocycles. The van der Waals surface area contributed by atoms with Crippen LogP contribution in [0, 0.1) is 5.41 Å². The highest BCUT2D eigenvalue weighted by molar-refractivity contribution is 7.89. The van der Waals surface area contributed by atoms with Crippen LogP contribution in [0.1, 0.15) is 23.8 Å². The van der Waals surface area contributed by atoms with E-state index >= 15 is 0 Å². The first-order chi connectivity index (χ1) is 11.4. The van der Waals surface area contributed by atoms with Crippen molar-refractivity contribution >= 4 is 15.9 Å². The third-order valence-electron chi connectivity index (χ3n) is 4.32. The fourth-order valence-corrected chi connectivity index (χ4v) is 4.33. The monoisotopic (exact) mass is 382 g/mol. The zero-order chi connectivity index (χ0) is 19.0. The van der Waals surface area contributed by atoms with Gasteiger partial charge in [-0.1, -0.05) is 6.92 Å². The highest BCUT2D eigenvalue weighted by Gasteiger charge is 2.39. The number of aromatic nitrogens is 1. The second-order valence-electron chi connectivity index (χ2n) is 6.57. The molecule has 2 heterocycles. The summed E-state index contributed by atoms with van der Waals surface area (Å²) in [6, 6.07) is 1.08. The van der Waals surface area contributed by atoms with E-state index in [1.54, 1.807) is 5.32 Å². The third kappa shape index (κ3) is 4.33. The summed E-state index contributed by atoms with van der Waals surface area (Å²) < 4.78 is 64.5. The molecule has 3 N–H and O–H groups in total. The molecular weight excluding hydrogens is 361 g/mol. The van der Waals surface area contributed by atoms with Crippen molar-refractivity contribution in [2.24, 2.45) is 18.2 Å². The van der Waals surface area contributed by atoms with Gasteiger partial charge < -0.3 is 15.6 Å². The second kappa shape index (κ2) is 6.61. The molecule has 1 saturated heterocycles. The number of nitrogens with one attached hydrogen (secondary N) is 1. The van der Waals surface area contributed by atoms with Crippen molar-refractivity contribution in [3.8, 4) is 0 Å². The van der Waals surface area contributed by atoms with Gasteiger partial charge in [0.05, 0.1) is 0 Å². The van der Waals surface area contributed by atoms with Gasteiger partial charge in [-0.3, -0.25) is 4.79 Å². The van der Waals surface area contributed by atoms with E-state index in [1.807, 2.05) is 6.92 Å². The topological polar surface area (TPSA) is 97.4 Å². The molecule has 11 heteroatoms. The first kappa shape index (κ1) is 19.7. The lowest BCUT2D eigenvalue weighted by Gasteiger charge is -2.22. The summed E-state index contributed by atoms with van der Waals surface area (Å²) in [5, 5.41) is 1.73. The third-order valence-corrected chi connectivity index (χ3v) is 6.13. The fourth-order valence-electron chi connectivity index (χ4n) is 2.67. The van der Waals surface area contributed by atoms with Gasteiger partial charge in [-0.25, -0.2) is 8.42 Å². The van der Waals surface area contributed by atoms with Crippen molar-refractivity contribution in [2.75, 3.05) is 26.2 Å². The maximum Gasteiger partial charge on any atom is 0.405 e. The normalized spacial score (nSPS) is 22.3. The number of nitrogens with zero attached hydrogens (tertiary/aromatic N) is 2. The number of nitrogens with two attached hydrogens (primary N) is 1. The number of halogens is 3. The molecule has 2 rings (SSSR count).